The van der Waals surface area contributed by atoms with Crippen LogP contribution in [0.25, 0.3) is 0 Å². The molecule has 2 amide bonds. The second kappa shape index (κ2) is 12.5. The van der Waals surface area contributed by atoms with Crippen molar-refractivity contribution in [1.29, 1.82) is 0 Å². The van der Waals surface area contributed by atoms with E-state index in [0.717, 1.165) is 5.56 Å². The van der Waals surface area contributed by atoms with Crippen molar-refractivity contribution in [3.8, 4) is 5.75 Å². The smallest absolute Gasteiger partial charge is 0.330 e. The zero-order valence-electron chi connectivity index (χ0n) is 20.1. The fourth-order valence-electron chi connectivity index (χ4n) is 3.69. The molecule has 188 valence electrons. The molecular formula is C29H26N2O5S. The Morgan fingerprint density at radius 1 is 0.865 bits per heavy atom. The number of thiophene rings is 1. The molecule has 1 aromatic heterocycles. The van der Waals surface area contributed by atoms with E-state index >= 15 is 0 Å². The lowest BCUT2D eigenvalue weighted by Gasteiger charge is -2.23. The van der Waals surface area contributed by atoms with Crippen LogP contribution in [0.5, 0.6) is 5.75 Å². The average molecular weight is 515 g/mol. The number of amides is 2. The van der Waals surface area contributed by atoms with E-state index in [9.17, 15) is 14.4 Å². The lowest BCUT2D eigenvalue weighted by Crippen LogP contribution is -2.44. The number of esters is 1. The molecule has 0 radical (unpaired) electrons. The summed E-state index contributed by atoms with van der Waals surface area (Å²) >= 11 is 1.27. The number of anilines is 1. The molecule has 0 unspecified atom stereocenters. The van der Waals surface area contributed by atoms with Gasteiger partial charge in [0.15, 0.2) is 0 Å². The van der Waals surface area contributed by atoms with Crippen LogP contribution in [0.15, 0.2) is 102 Å². The van der Waals surface area contributed by atoms with Gasteiger partial charge in [-0.2, -0.15) is 0 Å². The fourth-order valence-corrected chi connectivity index (χ4v) is 4.31. The molecule has 0 aliphatic carbocycles. The number of benzene rings is 3. The van der Waals surface area contributed by atoms with Crippen LogP contribution in [-0.4, -0.2) is 30.9 Å². The van der Waals surface area contributed by atoms with Gasteiger partial charge in [-0.15, -0.1) is 11.3 Å². The Hall–Kier alpha value is -4.43. The number of methoxy groups -OCH3 is 1. The Kier molecular flexibility index (Phi) is 8.67. The van der Waals surface area contributed by atoms with Crippen molar-refractivity contribution in [2.24, 2.45) is 0 Å². The molecule has 0 aliphatic rings. The second-order valence-corrected chi connectivity index (χ2v) is 9.09. The SMILES string of the molecule is COc1cccc(NC(=O)[C@@H](OC(=O)[C@@H](Cc2ccccc2)NC(=O)c2cccs2)c2ccccc2)c1. The molecule has 3 aromatic carbocycles. The van der Waals surface area contributed by atoms with Gasteiger partial charge in [-0.1, -0.05) is 72.8 Å². The average Bonchev–Trinajstić information content (AvgIpc) is 3.48. The number of carbonyl (C=O) groups is 3. The molecule has 0 bridgehead atoms. The van der Waals surface area contributed by atoms with Crippen molar-refractivity contribution in [3.05, 3.63) is 118 Å². The first-order valence-corrected chi connectivity index (χ1v) is 12.5. The van der Waals surface area contributed by atoms with Gasteiger partial charge in [0.2, 0.25) is 6.10 Å². The molecule has 8 heteroatoms. The molecule has 0 saturated heterocycles. The standard InChI is InChI=1S/C29H26N2O5S/c1-35-23-15-8-14-22(19-23)30-28(33)26(21-12-6-3-7-13-21)36-29(34)24(18-20-10-4-2-5-11-20)31-27(32)25-16-9-17-37-25/h2-17,19,24,26H,18H2,1H3,(H,30,33)(H,31,32)/t24-,26+/m1/s1. The lowest BCUT2D eigenvalue weighted by atomic mass is 10.0. The molecule has 0 spiro atoms. The van der Waals surface area contributed by atoms with E-state index < -0.39 is 24.0 Å². The molecule has 1 heterocycles. The maximum absolute atomic E-state index is 13.5. The van der Waals surface area contributed by atoms with E-state index in [1.54, 1.807) is 66.0 Å². The van der Waals surface area contributed by atoms with Crippen LogP contribution in [-0.2, 0) is 20.7 Å². The summed E-state index contributed by atoms with van der Waals surface area (Å²) in [7, 11) is 1.53. The van der Waals surface area contributed by atoms with Crippen LogP contribution in [0.4, 0.5) is 5.69 Å². The van der Waals surface area contributed by atoms with Gasteiger partial charge >= 0.3 is 5.97 Å². The van der Waals surface area contributed by atoms with Crippen LogP contribution >= 0.6 is 11.3 Å². The van der Waals surface area contributed by atoms with Gasteiger partial charge in [-0.05, 0) is 29.1 Å². The van der Waals surface area contributed by atoms with Crippen molar-refractivity contribution in [2.45, 2.75) is 18.6 Å². The van der Waals surface area contributed by atoms with Gasteiger partial charge in [0.1, 0.15) is 11.8 Å². The molecule has 2 atom stereocenters. The fraction of sp³-hybridized carbons (Fsp3) is 0.138. The third kappa shape index (κ3) is 7.05. The molecule has 4 aromatic rings. The third-order valence-corrected chi connectivity index (χ3v) is 6.40. The van der Waals surface area contributed by atoms with Gasteiger partial charge in [-0.3, -0.25) is 9.59 Å². The monoisotopic (exact) mass is 514 g/mol. The largest absolute Gasteiger partial charge is 0.497 e. The number of carbonyl (C=O) groups excluding carboxylic acids is 3. The zero-order chi connectivity index (χ0) is 26.0. The van der Waals surface area contributed by atoms with E-state index in [1.165, 1.54) is 18.4 Å². The molecule has 4 rings (SSSR count). The van der Waals surface area contributed by atoms with Crippen LogP contribution in [0.1, 0.15) is 26.9 Å². The second-order valence-electron chi connectivity index (χ2n) is 8.14. The van der Waals surface area contributed by atoms with Crippen LogP contribution in [0, 0.1) is 0 Å². The maximum atomic E-state index is 13.5. The molecular weight excluding hydrogens is 488 g/mol. The summed E-state index contributed by atoms with van der Waals surface area (Å²) in [4.78, 5) is 40.1. The van der Waals surface area contributed by atoms with Crippen molar-refractivity contribution in [1.82, 2.24) is 5.32 Å². The number of nitrogens with one attached hydrogen (secondary N) is 2. The Morgan fingerprint density at radius 3 is 2.27 bits per heavy atom. The summed E-state index contributed by atoms with van der Waals surface area (Å²) in [6.45, 7) is 0. The third-order valence-electron chi connectivity index (χ3n) is 5.53. The Labute approximate surface area is 219 Å². The van der Waals surface area contributed by atoms with Gasteiger partial charge in [0, 0.05) is 23.7 Å². The number of rotatable bonds is 10. The quantitative estimate of drug-likeness (QED) is 0.290. The summed E-state index contributed by atoms with van der Waals surface area (Å²) in [5.74, 6) is -1.06. The molecule has 7 nitrogen and oxygen atoms in total. The van der Waals surface area contributed by atoms with Gasteiger partial charge < -0.3 is 20.1 Å². The summed E-state index contributed by atoms with van der Waals surface area (Å²) in [5, 5.41) is 7.35. The zero-order valence-corrected chi connectivity index (χ0v) is 20.9. The molecule has 0 fully saturated rings. The lowest BCUT2D eigenvalue weighted by molar-refractivity contribution is -0.156. The Balaban J connectivity index is 1.57. The molecule has 0 saturated carbocycles. The summed E-state index contributed by atoms with van der Waals surface area (Å²) in [6.07, 6.45) is -1.03. The van der Waals surface area contributed by atoms with E-state index in [4.69, 9.17) is 9.47 Å². The van der Waals surface area contributed by atoms with Crippen molar-refractivity contribution < 1.29 is 23.9 Å². The van der Waals surface area contributed by atoms with E-state index in [-0.39, 0.29) is 12.3 Å². The normalized spacial score (nSPS) is 12.1. The van der Waals surface area contributed by atoms with Crippen LogP contribution < -0.4 is 15.4 Å². The minimum atomic E-state index is -1.24. The number of hydrogen-bond acceptors (Lipinski definition) is 6. The summed E-state index contributed by atoms with van der Waals surface area (Å²) < 4.78 is 11.0. The highest BCUT2D eigenvalue weighted by atomic mass is 32.1. The highest BCUT2D eigenvalue weighted by Crippen LogP contribution is 2.23. The van der Waals surface area contributed by atoms with Crippen LogP contribution in [0.2, 0.25) is 0 Å². The molecule has 37 heavy (non-hydrogen) atoms. The summed E-state index contributed by atoms with van der Waals surface area (Å²) in [5.41, 5.74) is 1.83. The number of ether oxygens (including phenoxy) is 2. The van der Waals surface area contributed by atoms with Gasteiger partial charge in [-0.25, -0.2) is 4.79 Å². The predicted molar refractivity (Wildman–Crippen MR) is 143 cm³/mol. The van der Waals surface area contributed by atoms with Crippen LogP contribution in [0.3, 0.4) is 0 Å². The molecule has 0 aliphatic heterocycles. The van der Waals surface area contributed by atoms with Gasteiger partial charge in [0.25, 0.3) is 11.8 Å². The maximum Gasteiger partial charge on any atom is 0.330 e. The first-order valence-electron chi connectivity index (χ1n) is 11.6. The minimum Gasteiger partial charge on any atom is -0.497 e. The van der Waals surface area contributed by atoms with E-state index in [2.05, 4.69) is 10.6 Å². The minimum absolute atomic E-state index is 0.204. The van der Waals surface area contributed by atoms with Crippen molar-refractivity contribution >= 4 is 34.8 Å². The first kappa shape index (κ1) is 25.7. The number of hydrogen-bond donors (Lipinski definition) is 2. The van der Waals surface area contributed by atoms with E-state index in [0.29, 0.717) is 21.9 Å². The van der Waals surface area contributed by atoms with Crippen molar-refractivity contribution in [2.75, 3.05) is 12.4 Å². The predicted octanol–water partition coefficient (Wildman–Crippen LogP) is 5.02. The topological polar surface area (TPSA) is 93.7 Å². The highest BCUT2D eigenvalue weighted by Gasteiger charge is 2.31. The van der Waals surface area contributed by atoms with Gasteiger partial charge in [0.05, 0.1) is 12.0 Å². The van der Waals surface area contributed by atoms with Crippen molar-refractivity contribution in [3.63, 3.8) is 0 Å². The summed E-state index contributed by atoms with van der Waals surface area (Å²) in [6, 6.07) is 27.4. The Bertz CT molecular complexity index is 1330. The van der Waals surface area contributed by atoms with E-state index in [1.807, 2.05) is 36.4 Å². The Morgan fingerprint density at radius 2 is 1.59 bits per heavy atom. The highest BCUT2D eigenvalue weighted by molar-refractivity contribution is 7.12. The first-order chi connectivity index (χ1) is 18.0. The molecule has 2 N–H and O–H groups in total.